The quantitative estimate of drug-likeness (QED) is 0.796. The van der Waals surface area contributed by atoms with Crippen LogP contribution in [0.15, 0.2) is 35.1 Å². The van der Waals surface area contributed by atoms with Crippen LogP contribution in [-0.4, -0.2) is 16.0 Å². The predicted molar refractivity (Wildman–Crippen MR) is 76.9 cm³/mol. The van der Waals surface area contributed by atoms with Crippen LogP contribution in [0.5, 0.6) is 0 Å². The highest BCUT2D eigenvalue weighted by atomic mass is 16.3. The van der Waals surface area contributed by atoms with Gasteiger partial charge in [0.15, 0.2) is 0 Å². The Morgan fingerprint density at radius 3 is 2.65 bits per heavy atom. The van der Waals surface area contributed by atoms with Crippen LogP contribution in [0.1, 0.15) is 27.2 Å². The summed E-state index contributed by atoms with van der Waals surface area (Å²) in [5, 5.41) is 11.9. The molecule has 0 bridgehead atoms. The number of aromatic amines is 1. The second kappa shape index (κ2) is 5.71. The summed E-state index contributed by atoms with van der Waals surface area (Å²) < 4.78 is 0. The number of benzene rings is 1. The largest absolute Gasteiger partial charge is 0.392 e. The molecule has 1 heterocycles. The Labute approximate surface area is 116 Å². The average molecular weight is 272 g/mol. The van der Waals surface area contributed by atoms with E-state index < -0.39 is 0 Å². The van der Waals surface area contributed by atoms with Gasteiger partial charge in [-0.05, 0) is 37.1 Å². The summed E-state index contributed by atoms with van der Waals surface area (Å²) in [6, 6.07) is 8.20. The smallest absolute Gasteiger partial charge is 0.255 e. The number of rotatable bonds is 3. The van der Waals surface area contributed by atoms with E-state index in [1.54, 1.807) is 25.1 Å². The van der Waals surface area contributed by atoms with Crippen molar-refractivity contribution >= 4 is 11.6 Å². The average Bonchev–Trinajstić information content (AvgIpc) is 2.40. The van der Waals surface area contributed by atoms with Crippen molar-refractivity contribution in [3.8, 4) is 0 Å². The second-order valence-corrected chi connectivity index (χ2v) is 4.68. The van der Waals surface area contributed by atoms with Gasteiger partial charge in [-0.3, -0.25) is 9.59 Å². The molecule has 2 rings (SSSR count). The number of pyridine rings is 1. The van der Waals surface area contributed by atoms with Crippen molar-refractivity contribution < 1.29 is 9.90 Å². The molecule has 3 N–H and O–H groups in total. The third-order valence-electron chi connectivity index (χ3n) is 2.97. The number of carbonyl (C=O) groups excluding carboxylic acids is 1. The molecule has 1 amide bonds. The standard InChI is InChI=1S/C15H16N2O3/c1-9-3-4-11(8-18)6-13(9)17-15(20)12-5-10(2)16-14(19)7-12/h3-7,18H,8H2,1-2H3,(H,16,19)(H,17,20). The number of carbonyl (C=O) groups is 1. The van der Waals surface area contributed by atoms with Gasteiger partial charge in [-0.2, -0.15) is 0 Å². The van der Waals surface area contributed by atoms with Crippen LogP contribution < -0.4 is 10.9 Å². The molecular formula is C15H16N2O3. The van der Waals surface area contributed by atoms with Crippen molar-refractivity contribution in [2.45, 2.75) is 20.5 Å². The number of anilines is 1. The van der Waals surface area contributed by atoms with Gasteiger partial charge in [-0.1, -0.05) is 12.1 Å². The Morgan fingerprint density at radius 2 is 2.00 bits per heavy atom. The number of aliphatic hydroxyl groups is 1. The Hall–Kier alpha value is -2.40. The maximum atomic E-state index is 12.1. The minimum Gasteiger partial charge on any atom is -0.392 e. The lowest BCUT2D eigenvalue weighted by Gasteiger charge is -2.10. The molecule has 20 heavy (non-hydrogen) atoms. The van der Waals surface area contributed by atoms with Gasteiger partial charge in [-0.25, -0.2) is 0 Å². The molecule has 0 saturated heterocycles. The van der Waals surface area contributed by atoms with Crippen LogP contribution in [0.25, 0.3) is 0 Å². The summed E-state index contributed by atoms with van der Waals surface area (Å²) in [6.45, 7) is 3.49. The first-order valence-corrected chi connectivity index (χ1v) is 6.22. The number of H-pyrrole nitrogens is 1. The van der Waals surface area contributed by atoms with Crippen LogP contribution >= 0.6 is 0 Å². The molecule has 104 valence electrons. The monoisotopic (exact) mass is 272 g/mol. The van der Waals surface area contributed by atoms with Crippen molar-refractivity contribution in [3.05, 3.63) is 63.1 Å². The summed E-state index contributed by atoms with van der Waals surface area (Å²) >= 11 is 0. The molecule has 1 aromatic carbocycles. The number of nitrogens with one attached hydrogen (secondary N) is 2. The topological polar surface area (TPSA) is 82.2 Å². The SMILES string of the molecule is Cc1cc(C(=O)Nc2cc(CO)ccc2C)cc(=O)[nH]1. The zero-order valence-corrected chi connectivity index (χ0v) is 11.4. The second-order valence-electron chi connectivity index (χ2n) is 4.68. The number of aromatic nitrogens is 1. The van der Waals surface area contributed by atoms with Gasteiger partial charge in [0.05, 0.1) is 6.61 Å². The predicted octanol–water partition coefficient (Wildman–Crippen LogP) is 1.74. The van der Waals surface area contributed by atoms with E-state index in [1.165, 1.54) is 6.07 Å². The van der Waals surface area contributed by atoms with Gasteiger partial charge in [0.1, 0.15) is 0 Å². The van der Waals surface area contributed by atoms with Crippen LogP contribution in [0.3, 0.4) is 0 Å². The number of aliphatic hydroxyl groups excluding tert-OH is 1. The highest BCUT2D eigenvalue weighted by molar-refractivity contribution is 6.04. The summed E-state index contributed by atoms with van der Waals surface area (Å²) in [4.78, 5) is 26.1. The summed E-state index contributed by atoms with van der Waals surface area (Å²) in [5.74, 6) is -0.350. The molecule has 5 nitrogen and oxygen atoms in total. The molecule has 0 fully saturated rings. The number of aryl methyl sites for hydroxylation is 2. The molecule has 0 saturated carbocycles. The van der Waals surface area contributed by atoms with Crippen molar-refractivity contribution in [1.82, 2.24) is 4.98 Å². The van der Waals surface area contributed by atoms with Gasteiger partial charge in [-0.15, -0.1) is 0 Å². The van der Waals surface area contributed by atoms with E-state index in [-0.39, 0.29) is 18.1 Å². The molecular weight excluding hydrogens is 256 g/mol. The molecule has 1 aromatic heterocycles. The van der Waals surface area contributed by atoms with Crippen molar-refractivity contribution in [1.29, 1.82) is 0 Å². The first-order valence-electron chi connectivity index (χ1n) is 6.22. The van der Waals surface area contributed by atoms with E-state index in [9.17, 15) is 9.59 Å². The third kappa shape index (κ3) is 3.13. The zero-order valence-electron chi connectivity index (χ0n) is 11.4. The van der Waals surface area contributed by atoms with Crippen molar-refractivity contribution in [3.63, 3.8) is 0 Å². The third-order valence-corrected chi connectivity index (χ3v) is 2.97. The highest BCUT2D eigenvalue weighted by Gasteiger charge is 2.09. The first kappa shape index (κ1) is 14.0. The lowest BCUT2D eigenvalue weighted by Crippen LogP contribution is -2.17. The Balaban J connectivity index is 2.29. The summed E-state index contributed by atoms with van der Waals surface area (Å²) in [7, 11) is 0. The van der Waals surface area contributed by atoms with E-state index in [4.69, 9.17) is 5.11 Å². The first-order chi connectivity index (χ1) is 9.49. The molecule has 0 radical (unpaired) electrons. The Kier molecular flexibility index (Phi) is 4.00. The van der Waals surface area contributed by atoms with Crippen LogP contribution in [0, 0.1) is 13.8 Å². The van der Waals surface area contributed by atoms with Gasteiger partial charge < -0.3 is 15.4 Å². The minimum absolute atomic E-state index is 0.0900. The number of amides is 1. The van der Waals surface area contributed by atoms with Gasteiger partial charge in [0, 0.05) is 23.0 Å². The van der Waals surface area contributed by atoms with Crippen LogP contribution in [-0.2, 0) is 6.61 Å². The molecule has 0 unspecified atom stereocenters. The molecule has 5 heteroatoms. The molecule has 2 aromatic rings. The normalized spacial score (nSPS) is 10.3. The fourth-order valence-electron chi connectivity index (χ4n) is 1.91. The molecule has 0 atom stereocenters. The lowest BCUT2D eigenvalue weighted by molar-refractivity contribution is 0.102. The fourth-order valence-corrected chi connectivity index (χ4v) is 1.91. The Bertz CT molecular complexity index is 705. The maximum absolute atomic E-state index is 12.1. The molecule has 0 aliphatic heterocycles. The van der Waals surface area contributed by atoms with Crippen molar-refractivity contribution in [2.75, 3.05) is 5.32 Å². The summed E-state index contributed by atoms with van der Waals surface area (Å²) in [5.41, 5.74) is 2.85. The number of hydrogen-bond donors (Lipinski definition) is 3. The fraction of sp³-hybridized carbons (Fsp3) is 0.200. The lowest BCUT2D eigenvalue weighted by atomic mass is 10.1. The molecule has 0 aliphatic carbocycles. The van der Waals surface area contributed by atoms with Gasteiger partial charge in [0.2, 0.25) is 5.56 Å². The van der Waals surface area contributed by atoms with E-state index in [0.717, 1.165) is 5.56 Å². The number of hydrogen-bond acceptors (Lipinski definition) is 3. The zero-order chi connectivity index (χ0) is 14.7. The van der Waals surface area contributed by atoms with E-state index >= 15 is 0 Å². The summed E-state index contributed by atoms with van der Waals surface area (Å²) in [6.07, 6.45) is 0. The Morgan fingerprint density at radius 1 is 1.25 bits per heavy atom. The van der Waals surface area contributed by atoms with E-state index in [2.05, 4.69) is 10.3 Å². The molecule has 0 spiro atoms. The molecule has 0 aliphatic rings. The highest BCUT2D eigenvalue weighted by Crippen LogP contribution is 2.18. The van der Waals surface area contributed by atoms with Crippen molar-refractivity contribution in [2.24, 2.45) is 0 Å². The minimum atomic E-state index is -0.350. The van der Waals surface area contributed by atoms with Gasteiger partial charge >= 0.3 is 0 Å². The van der Waals surface area contributed by atoms with E-state index in [1.807, 2.05) is 13.0 Å². The maximum Gasteiger partial charge on any atom is 0.255 e. The van der Waals surface area contributed by atoms with E-state index in [0.29, 0.717) is 22.5 Å². The van der Waals surface area contributed by atoms with Crippen LogP contribution in [0.2, 0.25) is 0 Å². The van der Waals surface area contributed by atoms with Crippen LogP contribution in [0.4, 0.5) is 5.69 Å². The van der Waals surface area contributed by atoms with Gasteiger partial charge in [0.25, 0.3) is 5.91 Å².